The summed E-state index contributed by atoms with van der Waals surface area (Å²) in [5.74, 6) is 0.927. The van der Waals surface area contributed by atoms with Crippen LogP contribution in [0.25, 0.3) is 0 Å². The minimum atomic E-state index is -0.0231. The van der Waals surface area contributed by atoms with Crippen molar-refractivity contribution in [2.24, 2.45) is 0 Å². The molecular formula is C22H24N2O3. The van der Waals surface area contributed by atoms with Crippen molar-refractivity contribution in [1.29, 1.82) is 0 Å². The smallest absolute Gasteiger partial charge is 0.253 e. The maximum atomic E-state index is 13.0. The molecule has 1 aliphatic heterocycles. The zero-order valence-electron chi connectivity index (χ0n) is 15.6. The molecule has 0 aromatic heterocycles. The lowest BCUT2D eigenvalue weighted by Gasteiger charge is -2.36. The predicted octanol–water partition coefficient (Wildman–Crippen LogP) is 2.71. The van der Waals surface area contributed by atoms with Crippen molar-refractivity contribution >= 4 is 11.8 Å². The third-order valence-corrected chi connectivity index (χ3v) is 5.65. The Balaban J connectivity index is 1.37. The van der Waals surface area contributed by atoms with Gasteiger partial charge in [0.05, 0.1) is 13.0 Å². The SMILES string of the molecule is COc1ccc(C(=O)N2CCN(C(=O)[C@H]3CCc4ccccc43)CC2)cc1. The van der Waals surface area contributed by atoms with E-state index in [1.54, 1.807) is 31.4 Å². The van der Waals surface area contributed by atoms with E-state index < -0.39 is 0 Å². The van der Waals surface area contributed by atoms with Gasteiger partial charge in [-0.3, -0.25) is 9.59 Å². The third-order valence-electron chi connectivity index (χ3n) is 5.65. The fourth-order valence-corrected chi connectivity index (χ4v) is 4.08. The van der Waals surface area contributed by atoms with Gasteiger partial charge in [0.15, 0.2) is 0 Å². The molecule has 5 heteroatoms. The van der Waals surface area contributed by atoms with Crippen molar-refractivity contribution in [3.8, 4) is 5.75 Å². The van der Waals surface area contributed by atoms with Crippen molar-refractivity contribution in [2.45, 2.75) is 18.8 Å². The van der Waals surface area contributed by atoms with Gasteiger partial charge in [0.25, 0.3) is 5.91 Å². The van der Waals surface area contributed by atoms with E-state index in [1.807, 2.05) is 21.9 Å². The lowest BCUT2D eigenvalue weighted by molar-refractivity contribution is -0.134. The lowest BCUT2D eigenvalue weighted by atomic mass is 9.99. The van der Waals surface area contributed by atoms with Crippen molar-refractivity contribution in [2.75, 3.05) is 33.3 Å². The minimum absolute atomic E-state index is 0.0102. The number of carbonyl (C=O) groups is 2. The number of ether oxygens (including phenoxy) is 1. The zero-order valence-corrected chi connectivity index (χ0v) is 15.6. The van der Waals surface area contributed by atoms with Gasteiger partial charge in [-0.05, 0) is 48.2 Å². The molecule has 4 rings (SSSR count). The number of amides is 2. The van der Waals surface area contributed by atoms with Crippen LogP contribution in [0.1, 0.15) is 33.8 Å². The third kappa shape index (κ3) is 3.42. The Morgan fingerprint density at radius 3 is 2.30 bits per heavy atom. The zero-order chi connectivity index (χ0) is 18.8. The van der Waals surface area contributed by atoms with Gasteiger partial charge in [0.1, 0.15) is 5.75 Å². The largest absolute Gasteiger partial charge is 0.497 e. The van der Waals surface area contributed by atoms with Gasteiger partial charge in [-0.1, -0.05) is 24.3 Å². The summed E-state index contributed by atoms with van der Waals surface area (Å²) in [4.78, 5) is 29.4. The Morgan fingerprint density at radius 1 is 0.926 bits per heavy atom. The van der Waals surface area contributed by atoms with E-state index in [9.17, 15) is 9.59 Å². The number of methoxy groups -OCH3 is 1. The molecule has 1 heterocycles. The summed E-state index contributed by atoms with van der Waals surface area (Å²) in [5.41, 5.74) is 3.13. The van der Waals surface area contributed by atoms with Crippen molar-refractivity contribution in [1.82, 2.24) is 9.80 Å². The van der Waals surface area contributed by atoms with Crippen LogP contribution in [0, 0.1) is 0 Å². The topological polar surface area (TPSA) is 49.9 Å². The first-order chi connectivity index (χ1) is 13.2. The van der Waals surface area contributed by atoms with Crippen molar-refractivity contribution in [3.63, 3.8) is 0 Å². The van der Waals surface area contributed by atoms with Crippen LogP contribution in [-0.2, 0) is 11.2 Å². The number of aryl methyl sites for hydroxylation is 1. The number of nitrogens with zero attached hydrogens (tertiary/aromatic N) is 2. The molecule has 1 fully saturated rings. The summed E-state index contributed by atoms with van der Waals surface area (Å²) >= 11 is 0. The highest BCUT2D eigenvalue weighted by molar-refractivity contribution is 5.94. The highest BCUT2D eigenvalue weighted by atomic mass is 16.5. The van der Waals surface area contributed by atoms with Crippen LogP contribution in [0.3, 0.4) is 0 Å². The Labute approximate surface area is 159 Å². The Hall–Kier alpha value is -2.82. The highest BCUT2D eigenvalue weighted by Crippen LogP contribution is 2.34. The summed E-state index contributed by atoms with van der Waals surface area (Å²) in [5, 5.41) is 0. The molecule has 27 heavy (non-hydrogen) atoms. The fraction of sp³-hybridized carbons (Fsp3) is 0.364. The van der Waals surface area contributed by atoms with Gasteiger partial charge in [-0.15, -0.1) is 0 Å². The molecule has 0 bridgehead atoms. The van der Waals surface area contributed by atoms with Gasteiger partial charge in [0, 0.05) is 31.7 Å². The first-order valence-corrected chi connectivity index (χ1v) is 9.47. The van der Waals surface area contributed by atoms with E-state index in [-0.39, 0.29) is 17.7 Å². The number of hydrogen-bond donors (Lipinski definition) is 0. The van der Waals surface area contributed by atoms with Gasteiger partial charge >= 0.3 is 0 Å². The summed E-state index contributed by atoms with van der Waals surface area (Å²) in [6.45, 7) is 2.34. The highest BCUT2D eigenvalue weighted by Gasteiger charge is 2.33. The molecule has 0 spiro atoms. The molecule has 2 aliphatic rings. The molecule has 1 atom stereocenters. The number of hydrogen-bond acceptors (Lipinski definition) is 3. The fourth-order valence-electron chi connectivity index (χ4n) is 4.08. The average Bonchev–Trinajstić information content (AvgIpc) is 3.17. The molecule has 5 nitrogen and oxygen atoms in total. The number of piperazine rings is 1. The standard InChI is InChI=1S/C22H24N2O3/c1-27-18-9-6-17(7-10-18)21(25)23-12-14-24(15-13-23)22(26)20-11-8-16-4-2-3-5-19(16)20/h2-7,9-10,20H,8,11-15H2,1H3/t20-/m0/s1. The van der Waals surface area contributed by atoms with E-state index in [0.29, 0.717) is 31.7 Å². The Bertz CT molecular complexity index is 839. The molecule has 0 unspecified atom stereocenters. The molecule has 1 aliphatic carbocycles. The van der Waals surface area contributed by atoms with E-state index in [4.69, 9.17) is 4.74 Å². The molecule has 2 aromatic rings. The first kappa shape index (κ1) is 17.6. The van der Waals surface area contributed by atoms with Crippen molar-refractivity contribution < 1.29 is 14.3 Å². The second-order valence-electron chi connectivity index (χ2n) is 7.14. The number of carbonyl (C=O) groups excluding carboxylic acids is 2. The lowest BCUT2D eigenvalue weighted by Crippen LogP contribution is -2.51. The molecule has 0 radical (unpaired) electrons. The van der Waals surface area contributed by atoms with Crippen LogP contribution in [0.4, 0.5) is 0 Å². The normalized spacial score (nSPS) is 18.9. The van der Waals surface area contributed by atoms with Gasteiger partial charge < -0.3 is 14.5 Å². The minimum Gasteiger partial charge on any atom is -0.497 e. The van der Waals surface area contributed by atoms with E-state index in [0.717, 1.165) is 18.6 Å². The van der Waals surface area contributed by atoms with Crippen LogP contribution in [0.15, 0.2) is 48.5 Å². The predicted molar refractivity (Wildman–Crippen MR) is 103 cm³/mol. The van der Waals surface area contributed by atoms with Crippen molar-refractivity contribution in [3.05, 3.63) is 65.2 Å². The van der Waals surface area contributed by atoms with Gasteiger partial charge in [0.2, 0.25) is 5.91 Å². The summed E-state index contributed by atoms with van der Waals surface area (Å²) in [6.07, 6.45) is 1.87. The number of benzene rings is 2. The van der Waals surface area contributed by atoms with Crippen LogP contribution >= 0.6 is 0 Å². The maximum absolute atomic E-state index is 13.0. The second-order valence-corrected chi connectivity index (χ2v) is 7.14. The van der Waals surface area contributed by atoms with Crippen LogP contribution < -0.4 is 4.74 Å². The first-order valence-electron chi connectivity index (χ1n) is 9.47. The van der Waals surface area contributed by atoms with Crippen LogP contribution in [-0.4, -0.2) is 54.9 Å². The van der Waals surface area contributed by atoms with Gasteiger partial charge in [-0.25, -0.2) is 0 Å². The van der Waals surface area contributed by atoms with Crippen LogP contribution in [0.2, 0.25) is 0 Å². The summed E-state index contributed by atoms with van der Waals surface area (Å²) < 4.78 is 5.14. The van der Waals surface area contributed by atoms with E-state index in [1.165, 1.54) is 11.1 Å². The second kappa shape index (κ2) is 7.43. The van der Waals surface area contributed by atoms with E-state index in [2.05, 4.69) is 12.1 Å². The molecule has 0 saturated carbocycles. The molecule has 2 amide bonds. The molecule has 1 saturated heterocycles. The maximum Gasteiger partial charge on any atom is 0.253 e. The monoisotopic (exact) mass is 364 g/mol. The van der Waals surface area contributed by atoms with Gasteiger partial charge in [-0.2, -0.15) is 0 Å². The average molecular weight is 364 g/mol. The Kier molecular flexibility index (Phi) is 4.84. The molecule has 140 valence electrons. The van der Waals surface area contributed by atoms with E-state index >= 15 is 0 Å². The van der Waals surface area contributed by atoms with Crippen LogP contribution in [0.5, 0.6) is 5.75 Å². The molecule has 0 N–H and O–H groups in total. The Morgan fingerprint density at radius 2 is 1.59 bits per heavy atom. The number of fused-ring (bicyclic) bond motifs is 1. The summed E-state index contributed by atoms with van der Waals surface area (Å²) in [6, 6.07) is 15.4. The summed E-state index contributed by atoms with van der Waals surface area (Å²) in [7, 11) is 1.61. The molecular weight excluding hydrogens is 340 g/mol. The number of rotatable bonds is 3. The quantitative estimate of drug-likeness (QED) is 0.841. The molecule has 2 aromatic carbocycles.